The summed E-state index contributed by atoms with van der Waals surface area (Å²) in [6.45, 7) is 0. The standard InChI is InChI=1S/C30H21N3.ClH/c1-4-13-23(14-5-1)28-29(24-15-6-2-7-16-24)33(30(32-28)25-17-8-3-9-18-25)27-21-20-22-12-10-11-19-26(22)31-27;/h1-21H;1H. The zero-order chi connectivity index (χ0) is 22.0. The van der Waals surface area contributed by atoms with Gasteiger partial charge in [0.25, 0.3) is 0 Å². The summed E-state index contributed by atoms with van der Waals surface area (Å²) in [6, 6.07) is 43.6. The number of rotatable bonds is 4. The van der Waals surface area contributed by atoms with Gasteiger partial charge in [-0.3, -0.25) is 4.57 Å². The first-order valence-corrected chi connectivity index (χ1v) is 11.0. The zero-order valence-electron chi connectivity index (χ0n) is 18.4. The summed E-state index contributed by atoms with van der Waals surface area (Å²) < 4.78 is 2.19. The van der Waals surface area contributed by atoms with E-state index in [1.165, 1.54) is 0 Å². The maximum absolute atomic E-state index is 5.21. The fraction of sp³-hybridized carbons (Fsp3) is 0. The van der Waals surface area contributed by atoms with Crippen LogP contribution in [-0.2, 0) is 0 Å². The van der Waals surface area contributed by atoms with Crippen LogP contribution in [0.15, 0.2) is 127 Å². The van der Waals surface area contributed by atoms with Gasteiger partial charge in [0.1, 0.15) is 11.6 Å². The molecule has 2 aromatic heterocycles. The fourth-order valence-electron chi connectivity index (χ4n) is 4.26. The monoisotopic (exact) mass is 459 g/mol. The van der Waals surface area contributed by atoms with Crippen molar-refractivity contribution < 1.29 is 0 Å². The number of aromatic nitrogens is 3. The molecular formula is C30H22ClN3. The lowest BCUT2D eigenvalue weighted by Crippen LogP contribution is -2.03. The van der Waals surface area contributed by atoms with Gasteiger partial charge < -0.3 is 0 Å². The first-order chi connectivity index (χ1) is 16.4. The summed E-state index contributed by atoms with van der Waals surface area (Å²) in [4.78, 5) is 10.3. The third-order valence-corrected chi connectivity index (χ3v) is 5.82. The van der Waals surface area contributed by atoms with E-state index >= 15 is 0 Å². The average molecular weight is 460 g/mol. The molecule has 0 saturated heterocycles. The molecule has 0 aliphatic rings. The highest BCUT2D eigenvalue weighted by Gasteiger charge is 2.23. The summed E-state index contributed by atoms with van der Waals surface area (Å²) in [7, 11) is 0. The Morgan fingerprint density at radius 2 is 1.03 bits per heavy atom. The van der Waals surface area contributed by atoms with Crippen molar-refractivity contribution in [2.45, 2.75) is 0 Å². The Hall–Kier alpha value is -4.21. The van der Waals surface area contributed by atoms with Crippen LogP contribution in [0.2, 0.25) is 0 Å². The van der Waals surface area contributed by atoms with Crippen LogP contribution in [-0.4, -0.2) is 14.5 Å². The summed E-state index contributed by atoms with van der Waals surface area (Å²) in [5.41, 5.74) is 6.16. The number of nitrogens with zero attached hydrogens (tertiary/aromatic N) is 3. The average Bonchev–Trinajstić information content (AvgIpc) is 3.31. The molecule has 0 aliphatic carbocycles. The lowest BCUT2D eigenvalue weighted by molar-refractivity contribution is 1.02. The Morgan fingerprint density at radius 3 is 1.71 bits per heavy atom. The molecule has 0 N–H and O–H groups in total. The van der Waals surface area contributed by atoms with E-state index in [9.17, 15) is 0 Å². The minimum Gasteiger partial charge on any atom is -0.276 e. The molecule has 4 heteroatoms. The predicted octanol–water partition coefficient (Wildman–Crippen LogP) is 7.84. The van der Waals surface area contributed by atoms with E-state index in [0.29, 0.717) is 0 Å². The van der Waals surface area contributed by atoms with Gasteiger partial charge >= 0.3 is 0 Å². The van der Waals surface area contributed by atoms with Gasteiger partial charge in [0.15, 0.2) is 0 Å². The number of fused-ring (bicyclic) bond motifs is 1. The molecule has 0 fully saturated rings. The molecule has 34 heavy (non-hydrogen) atoms. The van der Waals surface area contributed by atoms with Gasteiger partial charge in [-0.05, 0) is 18.2 Å². The number of hydrogen-bond donors (Lipinski definition) is 0. The number of pyridine rings is 1. The first-order valence-electron chi connectivity index (χ1n) is 11.0. The second kappa shape index (κ2) is 9.34. The van der Waals surface area contributed by atoms with Crippen LogP contribution in [0, 0.1) is 0 Å². The van der Waals surface area contributed by atoms with Crippen molar-refractivity contribution >= 4 is 23.3 Å². The Kier molecular flexibility index (Phi) is 5.94. The normalized spacial score (nSPS) is 10.7. The van der Waals surface area contributed by atoms with Crippen LogP contribution < -0.4 is 0 Å². The van der Waals surface area contributed by atoms with Gasteiger partial charge in [0.05, 0.1) is 16.9 Å². The van der Waals surface area contributed by atoms with Crippen LogP contribution in [0.1, 0.15) is 0 Å². The second-order valence-electron chi connectivity index (χ2n) is 7.93. The summed E-state index contributed by atoms with van der Waals surface area (Å²) in [5.74, 6) is 1.72. The van der Waals surface area contributed by atoms with Crippen molar-refractivity contribution in [1.82, 2.24) is 14.5 Å². The number of benzene rings is 4. The molecule has 0 atom stereocenters. The molecule has 0 bridgehead atoms. The summed E-state index contributed by atoms with van der Waals surface area (Å²) in [6.07, 6.45) is 0. The number of imidazole rings is 1. The molecule has 0 saturated carbocycles. The Morgan fingerprint density at radius 1 is 0.471 bits per heavy atom. The number of hydrogen-bond acceptors (Lipinski definition) is 2. The fourth-order valence-corrected chi connectivity index (χ4v) is 4.26. The number of para-hydroxylation sites is 1. The van der Waals surface area contributed by atoms with E-state index in [0.717, 1.165) is 50.6 Å². The minimum atomic E-state index is 0. The van der Waals surface area contributed by atoms with Gasteiger partial charge in [-0.2, -0.15) is 0 Å². The molecule has 4 aromatic carbocycles. The van der Waals surface area contributed by atoms with Crippen molar-refractivity contribution in [2.75, 3.05) is 0 Å². The molecule has 0 aliphatic heterocycles. The second-order valence-corrected chi connectivity index (χ2v) is 7.93. The molecule has 0 amide bonds. The van der Waals surface area contributed by atoms with Gasteiger partial charge in [0.2, 0.25) is 0 Å². The molecule has 0 unspecified atom stereocenters. The highest BCUT2D eigenvalue weighted by molar-refractivity contribution is 5.86. The van der Waals surface area contributed by atoms with E-state index in [-0.39, 0.29) is 12.4 Å². The lowest BCUT2D eigenvalue weighted by atomic mass is 10.0. The molecular weight excluding hydrogens is 438 g/mol. The minimum absolute atomic E-state index is 0. The maximum atomic E-state index is 5.21. The van der Waals surface area contributed by atoms with Gasteiger partial charge in [0, 0.05) is 22.1 Å². The van der Waals surface area contributed by atoms with Crippen LogP contribution in [0.5, 0.6) is 0 Å². The van der Waals surface area contributed by atoms with Crippen molar-refractivity contribution in [1.29, 1.82) is 0 Å². The highest BCUT2D eigenvalue weighted by Crippen LogP contribution is 2.38. The van der Waals surface area contributed by atoms with Crippen LogP contribution in [0.4, 0.5) is 0 Å². The van der Waals surface area contributed by atoms with E-state index in [4.69, 9.17) is 9.97 Å². The van der Waals surface area contributed by atoms with E-state index in [2.05, 4.69) is 89.5 Å². The van der Waals surface area contributed by atoms with Crippen molar-refractivity contribution in [2.24, 2.45) is 0 Å². The van der Waals surface area contributed by atoms with E-state index < -0.39 is 0 Å². The van der Waals surface area contributed by atoms with Gasteiger partial charge in [-0.25, -0.2) is 9.97 Å². The smallest absolute Gasteiger partial charge is 0.146 e. The molecule has 164 valence electrons. The molecule has 2 heterocycles. The van der Waals surface area contributed by atoms with Crippen molar-refractivity contribution in [3.63, 3.8) is 0 Å². The first kappa shape index (κ1) is 21.6. The Bertz CT molecular complexity index is 1540. The van der Waals surface area contributed by atoms with E-state index in [1.54, 1.807) is 0 Å². The predicted molar refractivity (Wildman–Crippen MR) is 142 cm³/mol. The van der Waals surface area contributed by atoms with Crippen LogP contribution in [0.3, 0.4) is 0 Å². The molecule has 6 rings (SSSR count). The summed E-state index contributed by atoms with van der Waals surface area (Å²) in [5, 5.41) is 1.12. The largest absolute Gasteiger partial charge is 0.276 e. The maximum Gasteiger partial charge on any atom is 0.146 e. The molecule has 0 radical (unpaired) electrons. The molecule has 3 nitrogen and oxygen atoms in total. The molecule has 6 aromatic rings. The van der Waals surface area contributed by atoms with Gasteiger partial charge in [-0.15, -0.1) is 12.4 Å². The zero-order valence-corrected chi connectivity index (χ0v) is 19.2. The SMILES string of the molecule is Cl.c1ccc(-c2nc(-c3ccccc3)n(-c3ccc4ccccc4n3)c2-c2ccccc2)cc1. The van der Waals surface area contributed by atoms with Crippen LogP contribution in [0.25, 0.3) is 50.6 Å². The van der Waals surface area contributed by atoms with Crippen molar-refractivity contribution in [3.8, 4) is 39.7 Å². The summed E-state index contributed by atoms with van der Waals surface area (Å²) >= 11 is 0. The molecule has 0 spiro atoms. The van der Waals surface area contributed by atoms with Crippen molar-refractivity contribution in [3.05, 3.63) is 127 Å². The third-order valence-electron chi connectivity index (χ3n) is 5.82. The number of halogens is 1. The van der Waals surface area contributed by atoms with E-state index in [1.807, 2.05) is 42.5 Å². The Balaban J connectivity index is 0.00000241. The lowest BCUT2D eigenvalue weighted by Gasteiger charge is -2.13. The quantitative estimate of drug-likeness (QED) is 0.269. The highest BCUT2D eigenvalue weighted by atomic mass is 35.5. The third kappa shape index (κ3) is 3.87. The Labute approximate surface area is 204 Å². The van der Waals surface area contributed by atoms with Crippen LogP contribution >= 0.6 is 12.4 Å². The van der Waals surface area contributed by atoms with Gasteiger partial charge in [-0.1, -0.05) is 109 Å². The topological polar surface area (TPSA) is 30.7 Å².